The lowest BCUT2D eigenvalue weighted by atomic mass is 9.79. The summed E-state index contributed by atoms with van der Waals surface area (Å²) in [6, 6.07) is 15.5. The third-order valence-electron chi connectivity index (χ3n) is 10.2. The van der Waals surface area contributed by atoms with Gasteiger partial charge in [-0.25, -0.2) is 4.79 Å². The van der Waals surface area contributed by atoms with Gasteiger partial charge in [0.05, 0.1) is 5.92 Å². The average Bonchev–Trinajstić information content (AvgIpc) is 3.80. The van der Waals surface area contributed by atoms with Crippen LogP contribution in [0.25, 0.3) is 0 Å². The molecule has 0 aromatic heterocycles. The molecule has 1 saturated carbocycles. The predicted octanol–water partition coefficient (Wildman–Crippen LogP) is 8.79. The Balaban J connectivity index is 1.51. The number of hydrogen-bond donors (Lipinski definition) is 0. The van der Waals surface area contributed by atoms with Crippen molar-refractivity contribution >= 4 is 20.3 Å². The Kier molecular flexibility index (Phi) is 11.0. The first-order valence-electron chi connectivity index (χ1n) is 17.0. The summed E-state index contributed by atoms with van der Waals surface area (Å²) in [5, 5.41) is 0.218. The van der Waals surface area contributed by atoms with Crippen molar-refractivity contribution in [3.05, 3.63) is 70.3 Å². The molecule has 1 saturated heterocycles. The Morgan fingerprint density at radius 3 is 2.22 bits per heavy atom. The molecule has 45 heavy (non-hydrogen) atoms. The number of rotatable bonds is 10. The zero-order valence-corrected chi connectivity index (χ0v) is 30.7. The Hall–Kier alpha value is -2.64. The average molecular weight is 635 g/mol. The number of aryl methyl sites for hydroxylation is 2. The fourth-order valence-electron chi connectivity index (χ4n) is 6.00. The number of carbonyl (C=O) groups is 2. The predicted molar refractivity (Wildman–Crippen MR) is 186 cm³/mol. The van der Waals surface area contributed by atoms with Gasteiger partial charge in [-0.2, -0.15) is 0 Å². The van der Waals surface area contributed by atoms with Gasteiger partial charge < -0.3 is 19.0 Å². The standard InChI is InChI=1S/C38H58N2O4Si/c1-27-13-11-15-31(28(27)2)25-40(32-20-21-32)35(41)34-26-39(36(42)44-37(3,4)5)23-22-33(34)30-18-16-29(17-19-30)14-12-24-43-45(9,10)38(6,7)8/h11,13,15-19,32-34H,12,14,20-26H2,1-10H3. The maximum absolute atomic E-state index is 14.5. The summed E-state index contributed by atoms with van der Waals surface area (Å²) in [5.74, 6) is -0.114. The highest BCUT2D eigenvalue weighted by Crippen LogP contribution is 2.39. The summed E-state index contributed by atoms with van der Waals surface area (Å²) in [5.41, 5.74) is 5.59. The van der Waals surface area contributed by atoms with E-state index in [9.17, 15) is 9.59 Å². The van der Waals surface area contributed by atoms with E-state index in [1.807, 2.05) is 20.8 Å². The van der Waals surface area contributed by atoms with Crippen LogP contribution in [-0.4, -0.2) is 61.5 Å². The van der Waals surface area contributed by atoms with Gasteiger partial charge in [0.2, 0.25) is 5.91 Å². The van der Waals surface area contributed by atoms with Crippen molar-refractivity contribution in [3.63, 3.8) is 0 Å². The zero-order chi connectivity index (χ0) is 33.2. The number of nitrogens with zero attached hydrogens (tertiary/aromatic N) is 2. The minimum absolute atomic E-state index is 0.0482. The van der Waals surface area contributed by atoms with E-state index in [2.05, 4.69) is 95.1 Å². The first kappa shape index (κ1) is 35.2. The number of piperidine rings is 1. The molecule has 2 aliphatic rings. The lowest BCUT2D eigenvalue weighted by Crippen LogP contribution is -2.51. The molecule has 1 aliphatic heterocycles. The highest BCUT2D eigenvalue weighted by Gasteiger charge is 2.43. The molecule has 1 heterocycles. The molecule has 0 bridgehead atoms. The van der Waals surface area contributed by atoms with Gasteiger partial charge in [-0.05, 0) is 119 Å². The van der Waals surface area contributed by atoms with E-state index >= 15 is 0 Å². The molecule has 1 aliphatic carbocycles. The van der Waals surface area contributed by atoms with E-state index in [1.54, 1.807) is 4.90 Å². The Labute approximate surface area is 274 Å². The van der Waals surface area contributed by atoms with Crippen molar-refractivity contribution in [2.24, 2.45) is 5.92 Å². The fraction of sp³-hybridized carbons (Fsp3) is 0.632. The maximum atomic E-state index is 14.5. The van der Waals surface area contributed by atoms with Crippen LogP contribution in [-0.2, 0) is 26.9 Å². The number of benzene rings is 2. The van der Waals surface area contributed by atoms with Crippen LogP contribution in [0, 0.1) is 19.8 Å². The van der Waals surface area contributed by atoms with Crippen molar-refractivity contribution in [2.75, 3.05) is 19.7 Å². The molecule has 2 fully saturated rings. The highest BCUT2D eigenvalue weighted by molar-refractivity contribution is 6.74. The van der Waals surface area contributed by atoms with Crippen LogP contribution < -0.4 is 0 Å². The van der Waals surface area contributed by atoms with Gasteiger partial charge in [-0.1, -0.05) is 63.2 Å². The fourth-order valence-corrected chi connectivity index (χ4v) is 7.09. The molecule has 2 aromatic carbocycles. The van der Waals surface area contributed by atoms with Gasteiger partial charge in [0, 0.05) is 32.3 Å². The third kappa shape index (κ3) is 9.22. The Morgan fingerprint density at radius 2 is 1.62 bits per heavy atom. The van der Waals surface area contributed by atoms with Gasteiger partial charge in [-0.15, -0.1) is 0 Å². The van der Waals surface area contributed by atoms with E-state index < -0.39 is 13.9 Å². The van der Waals surface area contributed by atoms with Gasteiger partial charge in [0.25, 0.3) is 0 Å². The van der Waals surface area contributed by atoms with E-state index in [-0.39, 0.29) is 34.9 Å². The second-order valence-corrected chi connectivity index (χ2v) is 20.7. The van der Waals surface area contributed by atoms with E-state index in [1.165, 1.54) is 27.8 Å². The number of likely N-dealkylation sites (tertiary alicyclic amines) is 1. The molecular formula is C38H58N2O4Si. The summed E-state index contributed by atoms with van der Waals surface area (Å²) in [4.78, 5) is 31.6. The van der Waals surface area contributed by atoms with Crippen LogP contribution in [0.3, 0.4) is 0 Å². The number of amides is 2. The quantitative estimate of drug-likeness (QED) is 0.194. The lowest BCUT2D eigenvalue weighted by molar-refractivity contribution is -0.139. The minimum atomic E-state index is -1.74. The topological polar surface area (TPSA) is 59.1 Å². The molecular weight excluding hydrogens is 577 g/mol. The van der Waals surface area contributed by atoms with Crippen LogP contribution in [0.4, 0.5) is 4.79 Å². The summed E-state index contributed by atoms with van der Waals surface area (Å²) in [7, 11) is -1.74. The molecule has 2 unspecified atom stereocenters. The number of hydrogen-bond acceptors (Lipinski definition) is 4. The van der Waals surface area contributed by atoms with Gasteiger partial charge >= 0.3 is 6.09 Å². The van der Waals surface area contributed by atoms with Crippen molar-refractivity contribution in [2.45, 2.75) is 130 Å². The van der Waals surface area contributed by atoms with E-state index in [0.29, 0.717) is 19.6 Å². The normalized spacial score (nSPS) is 19.4. The van der Waals surface area contributed by atoms with Crippen LogP contribution in [0.1, 0.15) is 101 Å². The third-order valence-corrected chi connectivity index (χ3v) is 14.7. The molecule has 0 spiro atoms. The van der Waals surface area contributed by atoms with Crippen LogP contribution in [0.2, 0.25) is 18.1 Å². The summed E-state index contributed by atoms with van der Waals surface area (Å²) in [6.45, 7) is 23.7. The molecule has 4 rings (SSSR count). The SMILES string of the molecule is Cc1cccc(CN(C(=O)C2CN(C(=O)OC(C)(C)C)CCC2c2ccc(CCCO[Si](C)(C)C(C)(C)C)cc2)C2CC2)c1C. The van der Waals surface area contributed by atoms with E-state index in [0.717, 1.165) is 38.7 Å². The zero-order valence-electron chi connectivity index (χ0n) is 29.7. The Bertz CT molecular complexity index is 1320. The molecule has 0 radical (unpaired) electrons. The molecule has 6 nitrogen and oxygen atoms in total. The molecule has 248 valence electrons. The molecule has 2 amide bonds. The highest BCUT2D eigenvalue weighted by atomic mass is 28.4. The molecule has 2 atom stereocenters. The van der Waals surface area contributed by atoms with Gasteiger partial charge in [0.15, 0.2) is 8.32 Å². The summed E-state index contributed by atoms with van der Waals surface area (Å²) >= 11 is 0. The lowest BCUT2D eigenvalue weighted by Gasteiger charge is -2.40. The van der Waals surface area contributed by atoms with Gasteiger partial charge in [0.1, 0.15) is 5.60 Å². The maximum Gasteiger partial charge on any atom is 0.410 e. The van der Waals surface area contributed by atoms with Crippen molar-refractivity contribution in [1.82, 2.24) is 9.80 Å². The second-order valence-electron chi connectivity index (χ2n) is 15.9. The van der Waals surface area contributed by atoms with Crippen LogP contribution >= 0.6 is 0 Å². The van der Waals surface area contributed by atoms with Crippen LogP contribution in [0.15, 0.2) is 42.5 Å². The van der Waals surface area contributed by atoms with Gasteiger partial charge in [-0.3, -0.25) is 4.79 Å². The largest absolute Gasteiger partial charge is 0.444 e. The molecule has 7 heteroatoms. The second kappa shape index (κ2) is 14.0. The Morgan fingerprint density at radius 1 is 0.956 bits per heavy atom. The first-order valence-corrected chi connectivity index (χ1v) is 19.9. The minimum Gasteiger partial charge on any atom is -0.444 e. The monoisotopic (exact) mass is 634 g/mol. The number of carbonyl (C=O) groups excluding carboxylic acids is 2. The summed E-state index contributed by atoms with van der Waals surface area (Å²) in [6.07, 6.45) is 4.45. The van der Waals surface area contributed by atoms with Crippen molar-refractivity contribution in [1.29, 1.82) is 0 Å². The van der Waals surface area contributed by atoms with E-state index in [4.69, 9.17) is 9.16 Å². The smallest absolute Gasteiger partial charge is 0.410 e. The molecule has 2 aromatic rings. The molecule has 0 N–H and O–H groups in total. The van der Waals surface area contributed by atoms with Crippen molar-refractivity contribution in [3.8, 4) is 0 Å². The summed E-state index contributed by atoms with van der Waals surface area (Å²) < 4.78 is 12.1. The van der Waals surface area contributed by atoms with Crippen LogP contribution in [0.5, 0.6) is 0 Å². The number of ether oxygens (including phenoxy) is 1. The first-order chi connectivity index (χ1) is 21.0. The van der Waals surface area contributed by atoms with Crippen molar-refractivity contribution < 1.29 is 18.8 Å².